The predicted octanol–water partition coefficient (Wildman–Crippen LogP) is 7.79. The molecule has 0 spiro atoms. The molecule has 8 heteroatoms. The van der Waals surface area contributed by atoms with Crippen LogP contribution in [0.1, 0.15) is 59.4 Å². The molecule has 0 aromatic heterocycles. The quantitative estimate of drug-likeness (QED) is 0.0476. The average molecular weight is 631 g/mol. The van der Waals surface area contributed by atoms with Crippen molar-refractivity contribution in [1.29, 1.82) is 5.26 Å². The molecule has 4 aromatic rings. The third kappa shape index (κ3) is 6.96. The van der Waals surface area contributed by atoms with E-state index in [4.69, 9.17) is 9.29 Å². The Labute approximate surface area is 269 Å². The maximum Gasteiger partial charge on any atom is 0.348 e. The fraction of sp³-hybridized carbons (Fsp3) is 0.211. The molecular formula is C38H34N2O5S. The number of fused-ring (bicyclic) bond motifs is 3. The van der Waals surface area contributed by atoms with Crippen molar-refractivity contribution in [3.63, 3.8) is 0 Å². The molecule has 0 amide bonds. The van der Waals surface area contributed by atoms with Crippen LogP contribution >= 0.6 is 0 Å². The van der Waals surface area contributed by atoms with Gasteiger partial charge in [0.15, 0.2) is 0 Å². The summed E-state index contributed by atoms with van der Waals surface area (Å²) in [4.78, 5) is 14.9. The van der Waals surface area contributed by atoms with Crippen LogP contribution in [0, 0.1) is 11.3 Å². The van der Waals surface area contributed by atoms with Gasteiger partial charge in [-0.3, -0.25) is 4.55 Å². The zero-order valence-electron chi connectivity index (χ0n) is 25.2. The Morgan fingerprint density at radius 3 is 2.17 bits per heavy atom. The van der Waals surface area contributed by atoms with E-state index in [1.54, 1.807) is 0 Å². The van der Waals surface area contributed by atoms with Gasteiger partial charge in [0.1, 0.15) is 11.6 Å². The van der Waals surface area contributed by atoms with Gasteiger partial charge in [0.2, 0.25) is 0 Å². The van der Waals surface area contributed by atoms with Crippen molar-refractivity contribution < 1.29 is 22.5 Å². The molecular weight excluding hydrogens is 596 g/mol. The maximum atomic E-state index is 12.5. The van der Waals surface area contributed by atoms with Crippen molar-refractivity contribution in [2.45, 2.75) is 37.6 Å². The van der Waals surface area contributed by atoms with Crippen molar-refractivity contribution in [3.05, 3.63) is 137 Å². The molecule has 0 radical (unpaired) electrons. The lowest BCUT2D eigenvalue weighted by Crippen LogP contribution is -2.26. The first-order valence-electron chi connectivity index (χ1n) is 15.4. The minimum absolute atomic E-state index is 0.0560. The smallest absolute Gasteiger partial charge is 0.348 e. The van der Waals surface area contributed by atoms with Crippen LogP contribution in [0.25, 0.3) is 17.7 Å². The molecule has 1 N–H and O–H groups in total. The summed E-state index contributed by atoms with van der Waals surface area (Å²) in [7, 11) is -4.14. The van der Waals surface area contributed by atoms with Gasteiger partial charge in [0, 0.05) is 23.3 Å². The highest BCUT2D eigenvalue weighted by molar-refractivity contribution is 7.85. The molecule has 1 aliphatic carbocycles. The molecule has 1 saturated carbocycles. The predicted molar refractivity (Wildman–Crippen MR) is 181 cm³/mol. The highest BCUT2D eigenvalue weighted by atomic mass is 32.2. The molecule has 0 saturated heterocycles. The molecule has 2 aliphatic rings. The molecule has 232 valence electrons. The van der Waals surface area contributed by atoms with E-state index < -0.39 is 21.8 Å². The SMILES string of the molecule is N#CC(=Cc1ccc2c(c1)C1CCCC1N2c1ccc(C=C(c2ccccc2)c2ccccc2)cc1)C(=O)OCCCS(=O)(=O)O. The topological polar surface area (TPSA) is 108 Å². The van der Waals surface area contributed by atoms with Crippen LogP contribution in [0.15, 0.2) is 109 Å². The van der Waals surface area contributed by atoms with Gasteiger partial charge in [-0.05, 0) is 89.1 Å². The fourth-order valence-corrected chi connectivity index (χ4v) is 7.04. The monoisotopic (exact) mass is 630 g/mol. The number of rotatable bonds is 10. The zero-order valence-corrected chi connectivity index (χ0v) is 26.1. The number of nitriles is 1. The lowest BCUT2D eigenvalue weighted by atomic mass is 9.95. The summed E-state index contributed by atoms with van der Waals surface area (Å²) in [5, 5.41) is 9.62. The van der Waals surface area contributed by atoms with Gasteiger partial charge in [-0.15, -0.1) is 0 Å². The van der Waals surface area contributed by atoms with Gasteiger partial charge in [0.25, 0.3) is 10.1 Å². The number of carbonyl (C=O) groups is 1. The van der Waals surface area contributed by atoms with Crippen LogP contribution in [0.3, 0.4) is 0 Å². The Kier molecular flexibility index (Phi) is 9.16. The second kappa shape index (κ2) is 13.6. The molecule has 1 heterocycles. The van der Waals surface area contributed by atoms with E-state index in [0.29, 0.717) is 12.0 Å². The minimum atomic E-state index is -4.14. The lowest BCUT2D eigenvalue weighted by Gasteiger charge is -2.27. The third-order valence-corrected chi connectivity index (χ3v) is 9.41. The van der Waals surface area contributed by atoms with Crippen molar-refractivity contribution in [3.8, 4) is 6.07 Å². The Balaban J connectivity index is 1.25. The van der Waals surface area contributed by atoms with Gasteiger partial charge in [-0.2, -0.15) is 13.7 Å². The highest BCUT2D eigenvalue weighted by Gasteiger charge is 2.42. The zero-order chi connectivity index (χ0) is 32.1. The van der Waals surface area contributed by atoms with Crippen molar-refractivity contribution >= 4 is 45.2 Å². The number of hydrogen-bond donors (Lipinski definition) is 1. The Morgan fingerprint density at radius 1 is 0.891 bits per heavy atom. The molecule has 1 fully saturated rings. The number of carbonyl (C=O) groups excluding carboxylic acids is 1. The van der Waals surface area contributed by atoms with E-state index in [0.717, 1.165) is 58.5 Å². The molecule has 4 aromatic carbocycles. The molecule has 2 atom stereocenters. The summed E-state index contributed by atoms with van der Waals surface area (Å²) >= 11 is 0. The van der Waals surface area contributed by atoms with Crippen molar-refractivity contribution in [1.82, 2.24) is 0 Å². The number of ether oxygens (including phenoxy) is 1. The van der Waals surface area contributed by atoms with E-state index in [9.17, 15) is 18.5 Å². The second-order valence-corrected chi connectivity index (χ2v) is 13.2. The molecule has 6 rings (SSSR count). The largest absolute Gasteiger partial charge is 0.462 e. The van der Waals surface area contributed by atoms with Gasteiger partial charge in [-0.1, -0.05) is 85.3 Å². The molecule has 46 heavy (non-hydrogen) atoms. The number of anilines is 2. The van der Waals surface area contributed by atoms with Crippen LogP contribution in [0.4, 0.5) is 11.4 Å². The fourth-order valence-electron chi connectivity index (χ4n) is 6.55. The first kappa shape index (κ1) is 31.0. The first-order chi connectivity index (χ1) is 22.3. The van der Waals surface area contributed by atoms with E-state index in [1.807, 2.05) is 24.3 Å². The summed E-state index contributed by atoms with van der Waals surface area (Å²) in [6.45, 7) is -0.213. The maximum absolute atomic E-state index is 12.5. The number of benzene rings is 4. The molecule has 0 bridgehead atoms. The van der Waals surface area contributed by atoms with Gasteiger partial charge in [-0.25, -0.2) is 4.79 Å². The summed E-state index contributed by atoms with van der Waals surface area (Å²) in [5.74, 6) is -0.989. The Hall–Kier alpha value is -4.97. The molecule has 2 unspecified atom stereocenters. The molecule has 1 aliphatic heterocycles. The van der Waals surface area contributed by atoms with Crippen molar-refractivity contribution in [2.75, 3.05) is 17.3 Å². The minimum Gasteiger partial charge on any atom is -0.462 e. The average Bonchev–Trinajstić information content (AvgIpc) is 3.66. The summed E-state index contributed by atoms with van der Waals surface area (Å²) in [6, 6.07) is 37.8. The van der Waals surface area contributed by atoms with E-state index in [2.05, 4.69) is 95.9 Å². The normalized spacial score (nSPS) is 17.1. The molecule has 7 nitrogen and oxygen atoms in total. The Morgan fingerprint density at radius 2 is 1.54 bits per heavy atom. The van der Waals surface area contributed by atoms with Gasteiger partial charge >= 0.3 is 5.97 Å². The van der Waals surface area contributed by atoms with Crippen LogP contribution in [-0.4, -0.2) is 37.3 Å². The summed E-state index contributed by atoms with van der Waals surface area (Å²) in [6.07, 6.45) is 6.96. The number of esters is 1. The van der Waals surface area contributed by atoms with Gasteiger partial charge < -0.3 is 9.64 Å². The van der Waals surface area contributed by atoms with Crippen LogP contribution < -0.4 is 4.90 Å². The summed E-state index contributed by atoms with van der Waals surface area (Å²) in [5.41, 5.74) is 8.63. The van der Waals surface area contributed by atoms with Crippen LogP contribution in [0.5, 0.6) is 0 Å². The Bertz CT molecular complexity index is 1890. The third-order valence-electron chi connectivity index (χ3n) is 8.60. The second-order valence-electron chi connectivity index (χ2n) is 11.6. The van der Waals surface area contributed by atoms with E-state index in [1.165, 1.54) is 11.6 Å². The van der Waals surface area contributed by atoms with Gasteiger partial charge in [0.05, 0.1) is 12.4 Å². The van der Waals surface area contributed by atoms with Crippen molar-refractivity contribution in [2.24, 2.45) is 0 Å². The summed E-state index contributed by atoms with van der Waals surface area (Å²) < 4.78 is 35.7. The lowest BCUT2D eigenvalue weighted by molar-refractivity contribution is -0.138. The van der Waals surface area contributed by atoms with E-state index in [-0.39, 0.29) is 18.6 Å². The van der Waals surface area contributed by atoms with Crippen LogP contribution in [0.2, 0.25) is 0 Å². The highest BCUT2D eigenvalue weighted by Crippen LogP contribution is 2.52. The number of hydrogen-bond acceptors (Lipinski definition) is 6. The standard InChI is InChI=1S/C38H34N2O5S/c39-26-31(38(41)45-21-8-22-46(42,43)44)23-28-17-20-37-35(25-28)33-13-7-14-36(33)40(37)32-18-15-27(16-19-32)24-34(29-9-3-1-4-10-29)30-11-5-2-6-12-30/h1-6,9-12,15-20,23-25,33,36H,7-8,13-14,21-22H2,(H,42,43,44). The van der Waals surface area contributed by atoms with Crippen LogP contribution in [-0.2, 0) is 19.6 Å². The van der Waals surface area contributed by atoms with E-state index >= 15 is 0 Å². The number of nitrogens with zero attached hydrogens (tertiary/aromatic N) is 2. The first-order valence-corrected chi connectivity index (χ1v) is 17.0.